The summed E-state index contributed by atoms with van der Waals surface area (Å²) in [6.07, 6.45) is 7.77. The van der Waals surface area contributed by atoms with Gasteiger partial charge in [0, 0.05) is 30.4 Å². The van der Waals surface area contributed by atoms with Crippen molar-refractivity contribution < 1.29 is 52.9 Å². The van der Waals surface area contributed by atoms with E-state index < -0.39 is 99.2 Å². The molecule has 7 rings (SSSR count). The molecule has 2 aromatic heterocycles. The summed E-state index contributed by atoms with van der Waals surface area (Å²) in [6, 6.07) is 10.1. The molecule has 3 aliphatic rings. The summed E-state index contributed by atoms with van der Waals surface area (Å²) in [7, 11) is 0. The fourth-order valence-electron chi connectivity index (χ4n) is 9.87. The third-order valence-corrected chi connectivity index (χ3v) is 16.4. The Labute approximate surface area is 538 Å². The highest BCUT2D eigenvalue weighted by molar-refractivity contribution is 6.67. The van der Waals surface area contributed by atoms with E-state index >= 15 is 0 Å². The first kappa shape index (κ1) is 71.0. The lowest BCUT2D eigenvalue weighted by Gasteiger charge is -2.35. The molecule has 0 spiro atoms. The zero-order chi connectivity index (χ0) is 65.3. The molecule has 88 heavy (non-hydrogen) atoms. The van der Waals surface area contributed by atoms with E-state index in [-0.39, 0.29) is 36.1 Å². The van der Waals surface area contributed by atoms with Crippen molar-refractivity contribution in [3.8, 4) is 0 Å². The number of aliphatic hydroxyl groups is 1. The first-order chi connectivity index (χ1) is 41.0. The van der Waals surface area contributed by atoms with Gasteiger partial charge in [0.1, 0.15) is 42.9 Å². The van der Waals surface area contributed by atoms with Crippen LogP contribution in [0.3, 0.4) is 0 Å². The van der Waals surface area contributed by atoms with E-state index in [1.807, 2.05) is 56.3 Å². The predicted molar refractivity (Wildman–Crippen MR) is 341 cm³/mol. The molecule has 0 unspecified atom stereocenters. The molecule has 5 bridgehead atoms. The molecule has 0 aliphatic carbocycles. The third kappa shape index (κ3) is 19.0. The Morgan fingerprint density at radius 1 is 0.864 bits per heavy atom. The predicted octanol–water partition coefficient (Wildman–Crippen LogP) is 9.46. The van der Waals surface area contributed by atoms with Crippen molar-refractivity contribution in [3.05, 3.63) is 93.2 Å². The number of hydrogen-bond donors (Lipinski definition) is 6. The number of alkyl halides is 3. The summed E-state index contributed by atoms with van der Waals surface area (Å²) in [4.78, 5) is 116. The highest BCUT2D eigenvalue weighted by Gasteiger charge is 2.38. The van der Waals surface area contributed by atoms with Gasteiger partial charge in [0.25, 0.3) is 5.91 Å². The number of carbonyl (C=O) groups is 8. The third-order valence-electron chi connectivity index (χ3n) is 15.4. The number of hydrogen-bond acceptors (Lipinski definition) is 14. The lowest BCUT2D eigenvalue weighted by Crippen LogP contribution is -2.61. The van der Waals surface area contributed by atoms with E-state index in [1.165, 1.54) is 9.91 Å². The maximum Gasteiger partial charge on any atom is 0.325 e. The minimum Gasteiger partial charge on any atom is -0.461 e. The van der Waals surface area contributed by atoms with Crippen LogP contribution in [0.5, 0.6) is 0 Å². The number of piperidine rings is 1. The number of cyclic esters (lactones) is 1. The Balaban J connectivity index is 0.000000283. The van der Waals surface area contributed by atoms with Crippen LogP contribution in [0.1, 0.15) is 143 Å². The van der Waals surface area contributed by atoms with Crippen LogP contribution in [0.25, 0.3) is 34.0 Å². The van der Waals surface area contributed by atoms with E-state index in [9.17, 15) is 43.5 Å². The van der Waals surface area contributed by atoms with E-state index in [0.717, 1.165) is 21.9 Å². The molecule has 4 aromatic rings. The van der Waals surface area contributed by atoms with Crippen molar-refractivity contribution in [2.45, 2.75) is 155 Å². The number of nitrogens with zero attached hydrogens (tertiary/aromatic N) is 4. The monoisotopic (exact) mass is 1310 g/mol. The minimum atomic E-state index is -1.73. The topological polar surface area (TPSA) is 268 Å². The Hall–Kier alpha value is -6.13. The van der Waals surface area contributed by atoms with Gasteiger partial charge in [-0.25, -0.2) is 15.4 Å². The van der Waals surface area contributed by atoms with Crippen molar-refractivity contribution in [2.75, 3.05) is 26.2 Å². The van der Waals surface area contributed by atoms with Crippen LogP contribution in [-0.4, -0.2) is 133 Å². The molecule has 20 nitrogen and oxygen atoms in total. The molecule has 0 radical (unpaired) electrons. The molecule has 6 N–H and O–H groups in total. The molecule has 2 saturated heterocycles. The van der Waals surface area contributed by atoms with Gasteiger partial charge >= 0.3 is 11.9 Å². The molecule has 478 valence electrons. The number of nitrogens with one attached hydrogen (secondary N) is 5. The highest BCUT2D eigenvalue weighted by Crippen LogP contribution is 2.32. The summed E-state index contributed by atoms with van der Waals surface area (Å²) < 4.78 is 9.10. The summed E-state index contributed by atoms with van der Waals surface area (Å²) in [5.74, 6) is -4.61. The average Bonchev–Trinajstić information content (AvgIpc) is 1.13. The number of halogens is 5. The summed E-state index contributed by atoms with van der Waals surface area (Å²) in [5, 5.41) is 24.9. The van der Waals surface area contributed by atoms with Gasteiger partial charge in [-0.1, -0.05) is 134 Å². The van der Waals surface area contributed by atoms with Gasteiger partial charge in [0.15, 0.2) is 0 Å². The summed E-state index contributed by atoms with van der Waals surface area (Å²) >= 11 is 30.0. The van der Waals surface area contributed by atoms with Crippen molar-refractivity contribution in [3.63, 3.8) is 0 Å². The van der Waals surface area contributed by atoms with Crippen LogP contribution in [0.2, 0.25) is 10.0 Å². The SMILES string of the molecule is CC(C)[C@@H]1NC(=O)C(C)(C)/C=C/c2ccc3c(Cl)cc(nc3c2)[C@@H](C)OC(=O)[C@@H]2CCCN(N2)C(=O)[C@H](C)NC1=O.CC(C)[C@H](NC(=O)C(C)(C)/C=C/c1ccc2c(Cl)cc([C@@H](C)O)nc2c1)C(=O)N[C@@H](C)C(=O)N1CCC[C@@H](C(=O)OCC(Cl)(Cl)Cl)C1. The summed E-state index contributed by atoms with van der Waals surface area (Å²) in [6.45, 7) is 21.2. The Morgan fingerprint density at radius 3 is 2.16 bits per heavy atom. The zero-order valence-corrected chi connectivity index (χ0v) is 55.3. The molecule has 8 atom stereocenters. The van der Waals surface area contributed by atoms with E-state index in [0.29, 0.717) is 71.2 Å². The largest absolute Gasteiger partial charge is 0.461 e. The van der Waals surface area contributed by atoms with E-state index in [1.54, 1.807) is 99.6 Å². The van der Waals surface area contributed by atoms with Crippen LogP contribution >= 0.6 is 58.0 Å². The number of aliphatic hydroxyl groups excluding tert-OH is 1. The number of amides is 6. The zero-order valence-electron chi connectivity index (χ0n) is 51.6. The maximum absolute atomic E-state index is 13.4. The average molecular weight is 1320 g/mol. The highest BCUT2D eigenvalue weighted by atomic mass is 35.6. The van der Waals surface area contributed by atoms with Crippen LogP contribution in [0, 0.1) is 28.6 Å². The number of carbonyl (C=O) groups excluding carboxylic acids is 8. The number of ether oxygens (including phenoxy) is 2. The Kier molecular flexibility index (Phi) is 24.3. The van der Waals surface area contributed by atoms with Gasteiger partial charge in [0.2, 0.25) is 33.3 Å². The van der Waals surface area contributed by atoms with Gasteiger partial charge in [-0.3, -0.25) is 43.4 Å². The lowest BCUT2D eigenvalue weighted by molar-refractivity contribution is -0.157. The molecule has 2 fully saturated rings. The second-order valence-corrected chi connectivity index (χ2v) is 27.8. The van der Waals surface area contributed by atoms with Crippen LogP contribution in [-0.2, 0) is 47.8 Å². The smallest absolute Gasteiger partial charge is 0.325 e. The molecular weight excluding hydrogens is 1240 g/mol. The molecule has 25 heteroatoms. The van der Waals surface area contributed by atoms with Gasteiger partial charge in [-0.05, 0) is 128 Å². The number of aromatic nitrogens is 2. The second-order valence-electron chi connectivity index (χ2n) is 24.5. The van der Waals surface area contributed by atoms with Crippen molar-refractivity contribution >= 4 is 139 Å². The Morgan fingerprint density at radius 2 is 1.51 bits per heavy atom. The molecule has 5 heterocycles. The van der Waals surface area contributed by atoms with Crippen LogP contribution < -0.4 is 26.7 Å². The molecule has 2 aromatic carbocycles. The van der Waals surface area contributed by atoms with Crippen molar-refractivity contribution in [2.24, 2.45) is 28.6 Å². The Bertz CT molecular complexity index is 3330. The molecular formula is C63H80Cl5N9O11. The van der Waals surface area contributed by atoms with Crippen molar-refractivity contribution in [1.29, 1.82) is 0 Å². The fourth-order valence-corrected chi connectivity index (χ4v) is 10.6. The normalized spacial score (nSPS) is 22.0. The quantitative estimate of drug-likeness (QED) is 0.0570. The van der Waals surface area contributed by atoms with Gasteiger partial charge in [0.05, 0.1) is 55.3 Å². The number of benzene rings is 2. The minimum absolute atomic E-state index is 0.116. The van der Waals surface area contributed by atoms with Gasteiger partial charge < -0.3 is 40.7 Å². The number of rotatable bonds is 12. The second kappa shape index (κ2) is 30.1. The van der Waals surface area contributed by atoms with Crippen LogP contribution in [0.4, 0.5) is 0 Å². The maximum atomic E-state index is 13.4. The lowest BCUT2D eigenvalue weighted by atomic mass is 9.89. The first-order valence-corrected chi connectivity index (χ1v) is 31.2. The first-order valence-electron chi connectivity index (χ1n) is 29.4. The number of fused-ring (bicyclic) bond motifs is 5. The standard InChI is InChI=1S/C33H42Cl4N4O6.C30H38ClN5O5/c1-18(2)27(28(43)38-19(3)29(44)41-13-7-8-22(16-41)30(45)47-17-33(35,36)37)40-31(46)32(5,6)12-11-21-9-10-23-24(34)15-25(20(4)42)39-26(23)14-21;1-16(2)25-26(37)32-17(3)27(38)36-13-7-8-22(35-36)28(39)41-18(4)23-15-21(31)20-10-9-19(14-24(20)33-23)11-12-30(5,6)29(40)34-25/h9-12,14-15,18-20,22,27,42H,7-8,13,16-17H2,1-6H3,(H,38,43)(H,40,46);9-12,14-18,22,25,35H,7-8,13H2,1-6H3,(H,32,37)(H,34,40)/b2*12-11+/t19-,20+,22+,27-;17-,18+,22-,25-/m00/s1. The van der Waals surface area contributed by atoms with Crippen LogP contribution in [0.15, 0.2) is 60.7 Å². The van der Waals surface area contributed by atoms with Crippen molar-refractivity contribution in [1.82, 2.24) is 46.6 Å². The van der Waals surface area contributed by atoms with Gasteiger partial charge in [-0.15, -0.1) is 0 Å². The number of pyridine rings is 2. The van der Waals surface area contributed by atoms with E-state index in [2.05, 4.69) is 31.7 Å². The fraction of sp³-hybridized carbons (Fsp3) is 0.524. The molecule has 6 amide bonds. The number of hydrazine groups is 1. The molecule has 0 saturated carbocycles. The van der Waals surface area contributed by atoms with E-state index in [4.69, 9.17) is 72.5 Å². The number of likely N-dealkylation sites (tertiary alicyclic amines) is 1. The molecule has 3 aliphatic heterocycles. The van der Waals surface area contributed by atoms with Gasteiger partial charge in [-0.2, -0.15) is 0 Å². The summed E-state index contributed by atoms with van der Waals surface area (Å²) in [5.41, 5.74) is 4.73. The number of esters is 2.